The van der Waals surface area contributed by atoms with Gasteiger partial charge in [0.05, 0.1) is 6.10 Å². The van der Waals surface area contributed by atoms with Crippen molar-refractivity contribution in [3.8, 4) is 0 Å². The highest BCUT2D eigenvalue weighted by molar-refractivity contribution is 7.09. The normalized spacial score (nSPS) is 26.8. The van der Waals surface area contributed by atoms with E-state index < -0.39 is 12.0 Å². The zero-order valence-electron chi connectivity index (χ0n) is 10.2. The molecule has 0 aromatic carbocycles. The van der Waals surface area contributed by atoms with Crippen LogP contribution in [0.5, 0.6) is 0 Å². The Labute approximate surface area is 107 Å². The molecule has 1 aromatic heterocycles. The van der Waals surface area contributed by atoms with Gasteiger partial charge in [-0.3, -0.25) is 0 Å². The van der Waals surface area contributed by atoms with E-state index in [0.717, 1.165) is 18.0 Å². The van der Waals surface area contributed by atoms with Crippen molar-refractivity contribution in [2.45, 2.75) is 38.6 Å². The fourth-order valence-corrected chi connectivity index (χ4v) is 2.72. The first kappa shape index (κ1) is 13.5. The summed E-state index contributed by atoms with van der Waals surface area (Å²) >= 11 is 0.731. The van der Waals surface area contributed by atoms with Crippen LogP contribution in [-0.4, -0.2) is 28.6 Å². The summed E-state index contributed by atoms with van der Waals surface area (Å²) in [6.07, 6.45) is -3.62. The van der Waals surface area contributed by atoms with Crippen molar-refractivity contribution in [2.24, 2.45) is 5.41 Å². The molecule has 1 aromatic rings. The van der Waals surface area contributed by atoms with E-state index in [1.807, 2.05) is 13.8 Å². The van der Waals surface area contributed by atoms with Crippen LogP contribution >= 0.6 is 11.5 Å². The van der Waals surface area contributed by atoms with Gasteiger partial charge in [0.15, 0.2) is 0 Å². The van der Waals surface area contributed by atoms with E-state index in [2.05, 4.69) is 14.7 Å². The summed E-state index contributed by atoms with van der Waals surface area (Å²) in [6.45, 7) is 4.02. The molecule has 1 aliphatic carbocycles. The maximum absolute atomic E-state index is 12.3. The summed E-state index contributed by atoms with van der Waals surface area (Å²) < 4.78 is 45.6. The van der Waals surface area contributed by atoms with Crippen molar-refractivity contribution in [1.29, 1.82) is 0 Å². The van der Waals surface area contributed by atoms with Crippen molar-refractivity contribution in [2.75, 3.05) is 12.4 Å². The molecular weight excluding hydrogens is 267 g/mol. The summed E-state index contributed by atoms with van der Waals surface area (Å²) in [5.74, 6) is -1.09. The molecule has 0 amide bonds. The van der Waals surface area contributed by atoms with E-state index in [0.29, 0.717) is 0 Å². The van der Waals surface area contributed by atoms with Gasteiger partial charge in [0, 0.05) is 30.1 Å². The van der Waals surface area contributed by atoms with Crippen molar-refractivity contribution in [1.82, 2.24) is 9.36 Å². The highest BCUT2D eigenvalue weighted by atomic mass is 32.1. The molecule has 4 nitrogen and oxygen atoms in total. The number of methoxy groups -OCH3 is 1. The van der Waals surface area contributed by atoms with Gasteiger partial charge in [-0.2, -0.15) is 22.5 Å². The zero-order valence-corrected chi connectivity index (χ0v) is 11.0. The largest absolute Gasteiger partial charge is 0.452 e. The molecule has 1 aliphatic rings. The molecule has 1 heterocycles. The Morgan fingerprint density at radius 1 is 1.44 bits per heavy atom. The van der Waals surface area contributed by atoms with Gasteiger partial charge in [-0.25, -0.2) is 0 Å². The Kier molecular flexibility index (Phi) is 3.26. The smallest absolute Gasteiger partial charge is 0.381 e. The Bertz CT molecular complexity index is 432. The molecule has 2 rings (SSSR count). The van der Waals surface area contributed by atoms with Gasteiger partial charge in [-0.1, -0.05) is 13.8 Å². The van der Waals surface area contributed by atoms with Gasteiger partial charge in [0.1, 0.15) is 0 Å². The standard InChI is InChI=1S/C10H14F3N3OS/c1-9(2)5(4-6(9)17-3)14-8-15-7(16-18-8)10(11,12)13/h5-6H,4H2,1-3H3,(H,14,15,16). The van der Waals surface area contributed by atoms with Gasteiger partial charge >= 0.3 is 6.18 Å². The van der Waals surface area contributed by atoms with Crippen LogP contribution < -0.4 is 5.32 Å². The Morgan fingerprint density at radius 3 is 2.56 bits per heavy atom. The SMILES string of the molecule is COC1CC(Nc2nc(C(F)(F)F)ns2)C1(C)C. The summed E-state index contributed by atoms with van der Waals surface area (Å²) in [7, 11) is 1.63. The van der Waals surface area contributed by atoms with Crippen LogP contribution in [0, 0.1) is 5.41 Å². The molecule has 1 saturated carbocycles. The lowest BCUT2D eigenvalue weighted by atomic mass is 9.64. The number of nitrogens with one attached hydrogen (secondary N) is 1. The molecule has 2 atom stereocenters. The quantitative estimate of drug-likeness (QED) is 0.925. The third kappa shape index (κ3) is 2.31. The monoisotopic (exact) mass is 281 g/mol. The first-order chi connectivity index (χ1) is 8.25. The van der Waals surface area contributed by atoms with E-state index in [4.69, 9.17) is 4.74 Å². The number of ether oxygens (including phenoxy) is 1. The average molecular weight is 281 g/mol. The summed E-state index contributed by atoms with van der Waals surface area (Å²) in [5, 5.41) is 3.19. The lowest BCUT2D eigenvalue weighted by Gasteiger charge is -2.51. The number of nitrogens with zero attached hydrogens (tertiary/aromatic N) is 2. The summed E-state index contributed by atoms with van der Waals surface area (Å²) in [6, 6.07) is 0.0523. The number of hydrogen-bond acceptors (Lipinski definition) is 5. The number of halogens is 3. The number of aromatic nitrogens is 2. The van der Waals surface area contributed by atoms with Crippen LogP contribution in [0.4, 0.5) is 18.3 Å². The third-order valence-corrected chi connectivity index (χ3v) is 4.09. The second kappa shape index (κ2) is 4.34. The van der Waals surface area contributed by atoms with Crippen molar-refractivity contribution in [3.63, 3.8) is 0 Å². The Hall–Kier alpha value is -0.890. The maximum Gasteiger partial charge on any atom is 0.452 e. The van der Waals surface area contributed by atoms with Gasteiger partial charge in [0.2, 0.25) is 11.0 Å². The average Bonchev–Trinajstić information content (AvgIpc) is 2.71. The minimum atomic E-state index is -4.49. The van der Waals surface area contributed by atoms with Crippen molar-refractivity contribution >= 4 is 16.7 Å². The predicted molar refractivity (Wildman–Crippen MR) is 61.5 cm³/mol. The summed E-state index contributed by atoms with van der Waals surface area (Å²) in [4.78, 5) is 3.45. The molecule has 102 valence electrons. The molecule has 0 radical (unpaired) electrons. The lowest BCUT2D eigenvalue weighted by Crippen LogP contribution is -2.57. The van der Waals surface area contributed by atoms with Crippen LogP contribution in [0.2, 0.25) is 0 Å². The van der Waals surface area contributed by atoms with Gasteiger partial charge in [-0.05, 0) is 6.42 Å². The second-order valence-corrected chi connectivity index (χ2v) is 5.65. The first-order valence-corrected chi connectivity index (χ1v) is 6.22. The van der Waals surface area contributed by atoms with Gasteiger partial charge in [-0.15, -0.1) is 0 Å². The fraction of sp³-hybridized carbons (Fsp3) is 0.800. The second-order valence-electron chi connectivity index (χ2n) is 4.90. The van der Waals surface area contributed by atoms with Crippen molar-refractivity contribution in [3.05, 3.63) is 5.82 Å². The van der Waals surface area contributed by atoms with Gasteiger partial charge in [0.25, 0.3) is 0 Å². The molecule has 18 heavy (non-hydrogen) atoms. The maximum atomic E-state index is 12.3. The van der Waals surface area contributed by atoms with Crippen LogP contribution in [0.3, 0.4) is 0 Å². The molecule has 2 unspecified atom stereocenters. The minimum Gasteiger partial charge on any atom is -0.381 e. The molecular formula is C10H14F3N3OS. The highest BCUT2D eigenvalue weighted by Crippen LogP contribution is 2.44. The number of anilines is 1. The van der Waals surface area contributed by atoms with E-state index in [1.165, 1.54) is 0 Å². The van der Waals surface area contributed by atoms with Crippen LogP contribution in [0.1, 0.15) is 26.1 Å². The van der Waals surface area contributed by atoms with E-state index in [9.17, 15) is 13.2 Å². The van der Waals surface area contributed by atoms with Crippen molar-refractivity contribution < 1.29 is 17.9 Å². The lowest BCUT2D eigenvalue weighted by molar-refractivity contribution is -0.144. The molecule has 0 aliphatic heterocycles. The topological polar surface area (TPSA) is 47.0 Å². The number of rotatable bonds is 3. The van der Waals surface area contributed by atoms with E-state index in [1.54, 1.807) is 7.11 Å². The molecule has 1 N–H and O–H groups in total. The minimum absolute atomic E-state index is 0.0523. The molecule has 8 heteroatoms. The number of hydrogen-bond donors (Lipinski definition) is 1. The Balaban J connectivity index is 2.02. The molecule has 0 bridgehead atoms. The van der Waals surface area contributed by atoms with Crippen LogP contribution in [-0.2, 0) is 10.9 Å². The highest BCUT2D eigenvalue weighted by Gasteiger charge is 2.49. The zero-order chi connectivity index (χ0) is 13.6. The first-order valence-electron chi connectivity index (χ1n) is 5.45. The number of alkyl halides is 3. The van der Waals surface area contributed by atoms with Gasteiger partial charge < -0.3 is 10.1 Å². The molecule has 0 spiro atoms. The molecule has 1 fully saturated rings. The van der Waals surface area contributed by atoms with Crippen LogP contribution in [0.25, 0.3) is 0 Å². The van der Waals surface area contributed by atoms with E-state index >= 15 is 0 Å². The molecule has 0 saturated heterocycles. The fourth-order valence-electron chi connectivity index (χ4n) is 2.08. The van der Waals surface area contributed by atoms with E-state index in [-0.39, 0.29) is 22.7 Å². The Morgan fingerprint density at radius 2 is 2.11 bits per heavy atom. The predicted octanol–water partition coefficient (Wildman–Crippen LogP) is 2.78. The van der Waals surface area contributed by atoms with Crippen LogP contribution in [0.15, 0.2) is 0 Å². The summed E-state index contributed by atoms with van der Waals surface area (Å²) in [5.41, 5.74) is -0.126. The third-order valence-electron chi connectivity index (χ3n) is 3.44.